The van der Waals surface area contributed by atoms with Crippen molar-refractivity contribution in [1.29, 1.82) is 0 Å². The van der Waals surface area contributed by atoms with Gasteiger partial charge in [0, 0.05) is 12.0 Å². The predicted octanol–water partition coefficient (Wildman–Crippen LogP) is 6.91. The lowest BCUT2D eigenvalue weighted by Gasteiger charge is -2.40. The van der Waals surface area contributed by atoms with E-state index in [2.05, 4.69) is 13.8 Å². The van der Waals surface area contributed by atoms with Crippen LogP contribution in [0.1, 0.15) is 110 Å². The molecule has 1 fully saturated rings. The second kappa shape index (κ2) is 15.2. The minimum absolute atomic E-state index is 0.357. The first-order valence-corrected chi connectivity index (χ1v) is 11.0. The molecule has 1 heterocycles. The molecule has 24 heavy (non-hydrogen) atoms. The van der Waals surface area contributed by atoms with Crippen LogP contribution in [0, 0.1) is 5.41 Å². The van der Waals surface area contributed by atoms with Crippen molar-refractivity contribution >= 4 is 0 Å². The molecule has 0 aromatic rings. The smallest absolute Gasteiger partial charge is 0.0566 e. The van der Waals surface area contributed by atoms with Crippen LogP contribution >= 0.6 is 0 Å². The number of hydrogen-bond donors (Lipinski definition) is 0. The molecule has 1 rings (SSSR count). The molecule has 2 heteroatoms. The normalized spacial score (nSPS) is 16.2. The number of hydrogen-bond acceptors (Lipinski definition) is 2. The molecule has 0 unspecified atom stereocenters. The number of ether oxygens (including phenoxy) is 2. The Morgan fingerprint density at radius 2 is 1.12 bits per heavy atom. The zero-order valence-electron chi connectivity index (χ0n) is 16.8. The second-order valence-corrected chi connectivity index (χ2v) is 8.00. The average Bonchev–Trinajstić information content (AvgIpc) is 2.56. The summed E-state index contributed by atoms with van der Waals surface area (Å²) in [7, 11) is 0. The molecule has 144 valence electrons. The fourth-order valence-electron chi connectivity index (χ4n) is 3.47. The van der Waals surface area contributed by atoms with Gasteiger partial charge in [-0.05, 0) is 12.8 Å². The molecule has 0 aliphatic carbocycles. The Balaban J connectivity index is 1.69. The lowest BCUT2D eigenvalue weighted by molar-refractivity contribution is -0.150. The number of rotatable bonds is 18. The topological polar surface area (TPSA) is 18.5 Å². The molecule has 0 saturated carbocycles. The van der Waals surface area contributed by atoms with E-state index in [4.69, 9.17) is 9.47 Å². The quantitative estimate of drug-likeness (QED) is 0.252. The van der Waals surface area contributed by atoms with Gasteiger partial charge in [0.2, 0.25) is 0 Å². The van der Waals surface area contributed by atoms with E-state index in [-0.39, 0.29) is 0 Å². The molecule has 0 atom stereocenters. The highest BCUT2D eigenvalue weighted by molar-refractivity contribution is 4.83. The van der Waals surface area contributed by atoms with E-state index < -0.39 is 0 Å². The second-order valence-electron chi connectivity index (χ2n) is 8.00. The van der Waals surface area contributed by atoms with Gasteiger partial charge in [-0.25, -0.2) is 0 Å². The van der Waals surface area contributed by atoms with Crippen molar-refractivity contribution in [3.63, 3.8) is 0 Å². The zero-order chi connectivity index (χ0) is 17.3. The average molecular weight is 341 g/mol. The van der Waals surface area contributed by atoms with Crippen molar-refractivity contribution in [3.8, 4) is 0 Å². The monoisotopic (exact) mass is 340 g/mol. The van der Waals surface area contributed by atoms with Crippen LogP contribution in [0.5, 0.6) is 0 Å². The van der Waals surface area contributed by atoms with Crippen molar-refractivity contribution in [3.05, 3.63) is 0 Å². The summed E-state index contributed by atoms with van der Waals surface area (Å²) >= 11 is 0. The fraction of sp³-hybridized carbons (Fsp3) is 1.00. The van der Waals surface area contributed by atoms with Gasteiger partial charge in [0.25, 0.3) is 0 Å². The first kappa shape index (κ1) is 22.0. The van der Waals surface area contributed by atoms with Crippen LogP contribution in [-0.4, -0.2) is 26.4 Å². The zero-order valence-corrected chi connectivity index (χ0v) is 16.8. The van der Waals surface area contributed by atoms with Gasteiger partial charge in [0.15, 0.2) is 0 Å². The van der Waals surface area contributed by atoms with E-state index in [1.54, 1.807) is 0 Å². The molecule has 0 bridgehead atoms. The van der Waals surface area contributed by atoms with Gasteiger partial charge in [-0.1, -0.05) is 97.3 Å². The predicted molar refractivity (Wildman–Crippen MR) is 105 cm³/mol. The Labute approximate surface area is 152 Å². The Hall–Kier alpha value is -0.0800. The van der Waals surface area contributed by atoms with Crippen LogP contribution in [-0.2, 0) is 9.47 Å². The van der Waals surface area contributed by atoms with E-state index >= 15 is 0 Å². The van der Waals surface area contributed by atoms with Crippen LogP contribution < -0.4 is 0 Å². The lowest BCUT2D eigenvalue weighted by atomic mass is 9.84. The molecular weight excluding hydrogens is 296 g/mol. The minimum atomic E-state index is 0.357. The van der Waals surface area contributed by atoms with Crippen LogP contribution in [0.2, 0.25) is 0 Å². The third-order valence-electron chi connectivity index (χ3n) is 5.62. The highest BCUT2D eigenvalue weighted by atomic mass is 16.5. The van der Waals surface area contributed by atoms with Crippen molar-refractivity contribution in [2.24, 2.45) is 5.41 Å². The molecule has 0 radical (unpaired) electrons. The number of unbranched alkanes of at least 4 members (excludes halogenated alkanes) is 13. The van der Waals surface area contributed by atoms with Crippen molar-refractivity contribution in [2.75, 3.05) is 26.4 Å². The molecule has 0 aromatic heterocycles. The lowest BCUT2D eigenvalue weighted by Crippen LogP contribution is -2.45. The Kier molecular flexibility index (Phi) is 13.9. The molecule has 0 N–H and O–H groups in total. The van der Waals surface area contributed by atoms with Gasteiger partial charge in [-0.15, -0.1) is 0 Å². The van der Waals surface area contributed by atoms with Gasteiger partial charge in [-0.2, -0.15) is 0 Å². The van der Waals surface area contributed by atoms with Crippen LogP contribution in [0.25, 0.3) is 0 Å². The minimum Gasteiger partial charge on any atom is -0.381 e. The van der Waals surface area contributed by atoms with E-state index in [9.17, 15) is 0 Å². The fourth-order valence-corrected chi connectivity index (χ4v) is 3.47. The Morgan fingerprint density at radius 1 is 0.667 bits per heavy atom. The summed E-state index contributed by atoms with van der Waals surface area (Å²) in [5.41, 5.74) is 0.357. The molecule has 0 spiro atoms. The highest BCUT2D eigenvalue weighted by Crippen LogP contribution is 2.31. The van der Waals surface area contributed by atoms with Crippen LogP contribution in [0.15, 0.2) is 0 Å². The molecule has 0 aromatic carbocycles. The summed E-state index contributed by atoms with van der Waals surface area (Å²) < 4.78 is 11.2. The van der Waals surface area contributed by atoms with Gasteiger partial charge in [-0.3, -0.25) is 0 Å². The summed E-state index contributed by atoms with van der Waals surface area (Å²) in [4.78, 5) is 0. The van der Waals surface area contributed by atoms with E-state index in [1.165, 1.54) is 96.3 Å². The maximum absolute atomic E-state index is 5.86. The molecule has 1 aliphatic rings. The summed E-state index contributed by atoms with van der Waals surface area (Å²) in [6.07, 6.45) is 21.0. The van der Waals surface area contributed by atoms with E-state index in [1.807, 2.05) is 0 Å². The first-order chi connectivity index (χ1) is 11.8. The van der Waals surface area contributed by atoms with Gasteiger partial charge in [0.1, 0.15) is 0 Å². The molecule has 2 nitrogen and oxygen atoms in total. The summed E-state index contributed by atoms with van der Waals surface area (Å²) in [6, 6.07) is 0. The van der Waals surface area contributed by atoms with Gasteiger partial charge < -0.3 is 9.47 Å². The molecule has 1 aliphatic heterocycles. The molecule has 0 amide bonds. The maximum Gasteiger partial charge on any atom is 0.0566 e. The van der Waals surface area contributed by atoms with Gasteiger partial charge in [0.05, 0.1) is 19.8 Å². The van der Waals surface area contributed by atoms with Crippen molar-refractivity contribution in [1.82, 2.24) is 0 Å². The third kappa shape index (κ3) is 10.7. The summed E-state index contributed by atoms with van der Waals surface area (Å²) in [5.74, 6) is 0. The van der Waals surface area contributed by atoms with Crippen LogP contribution in [0.4, 0.5) is 0 Å². The van der Waals surface area contributed by atoms with Crippen LogP contribution in [0.3, 0.4) is 0 Å². The SMILES string of the molecule is CCCCCCCCCCCCCCCCOCC1(CC)COC1. The standard InChI is InChI=1S/C22H44O2/c1-3-5-6-7-8-9-10-11-12-13-14-15-16-17-18-23-19-22(4-2)20-24-21-22/h3-21H2,1-2H3. The molecule has 1 saturated heterocycles. The summed E-state index contributed by atoms with van der Waals surface area (Å²) in [6.45, 7) is 8.20. The molecular formula is C22H44O2. The highest BCUT2D eigenvalue weighted by Gasteiger charge is 2.36. The Bertz CT molecular complexity index is 255. The van der Waals surface area contributed by atoms with E-state index in [0.29, 0.717) is 5.41 Å². The van der Waals surface area contributed by atoms with Crippen molar-refractivity contribution < 1.29 is 9.47 Å². The van der Waals surface area contributed by atoms with E-state index in [0.717, 1.165) is 26.4 Å². The Morgan fingerprint density at radius 3 is 1.50 bits per heavy atom. The largest absolute Gasteiger partial charge is 0.381 e. The first-order valence-electron chi connectivity index (χ1n) is 11.0. The maximum atomic E-state index is 5.86. The van der Waals surface area contributed by atoms with Crippen molar-refractivity contribution in [2.45, 2.75) is 110 Å². The third-order valence-corrected chi connectivity index (χ3v) is 5.62. The van der Waals surface area contributed by atoms with Gasteiger partial charge >= 0.3 is 0 Å². The summed E-state index contributed by atoms with van der Waals surface area (Å²) in [5, 5.41) is 0.